The van der Waals surface area contributed by atoms with E-state index in [0.717, 1.165) is 48.3 Å². The third kappa shape index (κ3) is 3.42. The Balaban J connectivity index is 1.43. The van der Waals surface area contributed by atoms with Gasteiger partial charge in [0, 0.05) is 31.5 Å². The lowest BCUT2D eigenvalue weighted by atomic mass is 9.99. The first kappa shape index (κ1) is 16.6. The third-order valence-corrected chi connectivity index (χ3v) is 6.13. The highest BCUT2D eigenvalue weighted by atomic mass is 16.2. The van der Waals surface area contributed by atoms with Crippen molar-refractivity contribution in [1.82, 2.24) is 4.90 Å². The molecule has 0 saturated carbocycles. The topological polar surface area (TPSA) is 29.2 Å². The van der Waals surface area contributed by atoms with E-state index in [1.165, 1.54) is 26.2 Å². The van der Waals surface area contributed by atoms with E-state index in [1.54, 1.807) is 9.80 Å². The predicted molar refractivity (Wildman–Crippen MR) is 100 cm³/mol. The van der Waals surface area contributed by atoms with Gasteiger partial charge < -0.3 is 14.7 Å². The molecule has 0 radical (unpaired) electrons. The predicted octanol–water partition coefficient (Wildman–Crippen LogP) is -0.142. The standard InChI is InChI=1S/C21H27N3O/c1-22-13-15-23(16-14-22)18-9-11-24(12-10-18)21(25)20-8-4-6-17-5-2-3-7-19(17)20/h2-8,18H,9-16H2,1H3/p+2. The molecule has 2 N–H and O–H groups in total. The third-order valence-electron chi connectivity index (χ3n) is 6.13. The lowest BCUT2D eigenvalue weighted by Crippen LogP contribution is -3.28. The number of rotatable bonds is 2. The van der Waals surface area contributed by atoms with E-state index >= 15 is 0 Å². The van der Waals surface area contributed by atoms with Crippen LogP contribution in [0.3, 0.4) is 0 Å². The largest absolute Gasteiger partial charge is 0.338 e. The van der Waals surface area contributed by atoms with Gasteiger partial charge in [0.1, 0.15) is 26.2 Å². The van der Waals surface area contributed by atoms with Crippen LogP contribution in [0.25, 0.3) is 10.8 Å². The fourth-order valence-electron chi connectivity index (χ4n) is 4.48. The van der Waals surface area contributed by atoms with Gasteiger partial charge in [0.15, 0.2) is 0 Å². The Bertz CT molecular complexity index is 738. The molecular weight excluding hydrogens is 310 g/mol. The number of piperidine rings is 1. The molecule has 2 fully saturated rings. The molecule has 132 valence electrons. The molecule has 0 spiro atoms. The van der Waals surface area contributed by atoms with Crippen LogP contribution in [-0.2, 0) is 0 Å². The number of quaternary nitrogens is 2. The Morgan fingerprint density at radius 3 is 2.40 bits per heavy atom. The van der Waals surface area contributed by atoms with Crippen molar-refractivity contribution in [2.24, 2.45) is 0 Å². The summed E-state index contributed by atoms with van der Waals surface area (Å²) < 4.78 is 0. The second-order valence-electron chi connectivity index (χ2n) is 7.71. The average molecular weight is 339 g/mol. The molecule has 25 heavy (non-hydrogen) atoms. The Kier molecular flexibility index (Phi) is 4.73. The average Bonchev–Trinajstić information content (AvgIpc) is 2.68. The highest BCUT2D eigenvalue weighted by Gasteiger charge is 2.32. The molecule has 2 aromatic rings. The van der Waals surface area contributed by atoms with Crippen LogP contribution in [0, 0.1) is 0 Å². The molecule has 4 nitrogen and oxygen atoms in total. The van der Waals surface area contributed by atoms with Crippen molar-refractivity contribution >= 4 is 16.7 Å². The van der Waals surface area contributed by atoms with Crippen molar-refractivity contribution in [2.45, 2.75) is 18.9 Å². The van der Waals surface area contributed by atoms with Crippen LogP contribution in [0.5, 0.6) is 0 Å². The molecule has 0 unspecified atom stereocenters. The van der Waals surface area contributed by atoms with E-state index < -0.39 is 0 Å². The summed E-state index contributed by atoms with van der Waals surface area (Å²) in [6.45, 7) is 6.94. The van der Waals surface area contributed by atoms with Crippen LogP contribution in [0.1, 0.15) is 23.2 Å². The molecule has 2 heterocycles. The quantitative estimate of drug-likeness (QED) is 0.783. The second kappa shape index (κ2) is 7.14. The van der Waals surface area contributed by atoms with Gasteiger partial charge in [-0.15, -0.1) is 0 Å². The maximum atomic E-state index is 13.1. The number of hydrogen-bond donors (Lipinski definition) is 2. The molecule has 2 aromatic carbocycles. The van der Waals surface area contributed by atoms with Crippen LogP contribution >= 0.6 is 0 Å². The van der Waals surface area contributed by atoms with E-state index in [0.29, 0.717) is 0 Å². The normalized spacial score (nSPS) is 25.2. The highest BCUT2D eigenvalue weighted by molar-refractivity contribution is 6.07. The van der Waals surface area contributed by atoms with Gasteiger partial charge >= 0.3 is 0 Å². The molecule has 2 aliphatic heterocycles. The molecule has 1 amide bonds. The van der Waals surface area contributed by atoms with Gasteiger partial charge in [-0.2, -0.15) is 0 Å². The van der Waals surface area contributed by atoms with E-state index in [9.17, 15) is 4.79 Å². The molecule has 0 aromatic heterocycles. The van der Waals surface area contributed by atoms with Crippen molar-refractivity contribution in [2.75, 3.05) is 46.3 Å². The van der Waals surface area contributed by atoms with Gasteiger partial charge in [-0.25, -0.2) is 0 Å². The van der Waals surface area contributed by atoms with Crippen molar-refractivity contribution in [3.8, 4) is 0 Å². The zero-order valence-electron chi connectivity index (χ0n) is 15.1. The van der Waals surface area contributed by atoms with E-state index in [2.05, 4.69) is 30.1 Å². The summed E-state index contributed by atoms with van der Waals surface area (Å²) in [5, 5.41) is 2.22. The summed E-state index contributed by atoms with van der Waals surface area (Å²) in [4.78, 5) is 18.6. The van der Waals surface area contributed by atoms with Crippen LogP contribution in [0.4, 0.5) is 0 Å². The van der Waals surface area contributed by atoms with Crippen molar-refractivity contribution in [3.63, 3.8) is 0 Å². The van der Waals surface area contributed by atoms with Crippen LogP contribution < -0.4 is 9.80 Å². The number of amides is 1. The van der Waals surface area contributed by atoms with Gasteiger partial charge in [0.05, 0.1) is 13.1 Å². The van der Waals surface area contributed by atoms with Crippen molar-refractivity contribution < 1.29 is 14.6 Å². The molecule has 0 bridgehead atoms. The number of hydrogen-bond acceptors (Lipinski definition) is 1. The smallest absolute Gasteiger partial charge is 0.254 e. The molecule has 0 aliphatic carbocycles. The Morgan fingerprint density at radius 1 is 0.960 bits per heavy atom. The number of piperazine rings is 1. The van der Waals surface area contributed by atoms with Gasteiger partial charge in [0.2, 0.25) is 0 Å². The lowest BCUT2D eigenvalue weighted by Gasteiger charge is -2.38. The Labute approximate surface area is 150 Å². The fraction of sp³-hybridized carbons (Fsp3) is 0.476. The number of benzene rings is 2. The van der Waals surface area contributed by atoms with Crippen LogP contribution in [0.15, 0.2) is 42.5 Å². The van der Waals surface area contributed by atoms with Gasteiger partial charge in [-0.1, -0.05) is 36.4 Å². The number of nitrogens with one attached hydrogen (secondary N) is 2. The number of carbonyl (C=O) groups is 1. The first-order chi connectivity index (χ1) is 12.2. The monoisotopic (exact) mass is 339 g/mol. The zero-order chi connectivity index (χ0) is 17.2. The molecule has 2 aliphatic rings. The van der Waals surface area contributed by atoms with Crippen LogP contribution in [0.2, 0.25) is 0 Å². The molecule has 4 rings (SSSR count). The van der Waals surface area contributed by atoms with E-state index in [-0.39, 0.29) is 5.91 Å². The number of likely N-dealkylation sites (N-methyl/N-ethyl adjacent to an activating group) is 1. The van der Waals surface area contributed by atoms with Gasteiger partial charge in [0.25, 0.3) is 5.91 Å². The summed E-state index contributed by atoms with van der Waals surface area (Å²) in [7, 11) is 2.29. The second-order valence-corrected chi connectivity index (χ2v) is 7.71. The number of fused-ring (bicyclic) bond motifs is 1. The molecule has 2 saturated heterocycles. The van der Waals surface area contributed by atoms with Crippen molar-refractivity contribution in [3.05, 3.63) is 48.0 Å². The number of likely N-dealkylation sites (tertiary alicyclic amines) is 1. The SMILES string of the molecule is C[NH+]1CC[NH+](C2CCN(C(=O)c3cccc4ccccc34)CC2)CC1. The molecule has 0 atom stereocenters. The highest BCUT2D eigenvalue weighted by Crippen LogP contribution is 2.21. The number of carbonyl (C=O) groups excluding carboxylic acids is 1. The van der Waals surface area contributed by atoms with E-state index in [4.69, 9.17) is 0 Å². The first-order valence-corrected chi connectivity index (χ1v) is 9.65. The van der Waals surface area contributed by atoms with Crippen LogP contribution in [-0.4, -0.2) is 63.2 Å². The number of nitrogens with zero attached hydrogens (tertiary/aromatic N) is 1. The minimum Gasteiger partial charge on any atom is -0.338 e. The summed E-state index contributed by atoms with van der Waals surface area (Å²) in [5.74, 6) is 0.202. The van der Waals surface area contributed by atoms with Crippen molar-refractivity contribution in [1.29, 1.82) is 0 Å². The van der Waals surface area contributed by atoms with E-state index in [1.807, 2.05) is 24.3 Å². The maximum absolute atomic E-state index is 13.1. The Morgan fingerprint density at radius 2 is 1.64 bits per heavy atom. The fourth-order valence-corrected chi connectivity index (χ4v) is 4.48. The van der Waals surface area contributed by atoms with Gasteiger partial charge in [-0.3, -0.25) is 4.79 Å². The molecular formula is C21H29N3O+2. The van der Waals surface area contributed by atoms with Gasteiger partial charge in [-0.05, 0) is 16.8 Å². The summed E-state index contributed by atoms with van der Waals surface area (Å²) >= 11 is 0. The maximum Gasteiger partial charge on any atom is 0.254 e. The summed E-state index contributed by atoms with van der Waals surface area (Å²) in [6, 6.07) is 15.0. The Hall–Kier alpha value is -1.91. The lowest BCUT2D eigenvalue weighted by molar-refractivity contribution is -1.02. The minimum absolute atomic E-state index is 0.202. The summed E-state index contributed by atoms with van der Waals surface area (Å²) in [5.41, 5.74) is 0.854. The molecule has 4 heteroatoms. The zero-order valence-corrected chi connectivity index (χ0v) is 15.1. The first-order valence-electron chi connectivity index (χ1n) is 9.65. The summed E-state index contributed by atoms with van der Waals surface area (Å²) in [6.07, 6.45) is 2.29. The minimum atomic E-state index is 0.202.